The van der Waals surface area contributed by atoms with Crippen molar-refractivity contribution in [1.82, 2.24) is 10.6 Å². The van der Waals surface area contributed by atoms with Crippen molar-refractivity contribution in [3.05, 3.63) is 34.3 Å². The first-order valence-corrected chi connectivity index (χ1v) is 8.25. The highest BCUT2D eigenvalue weighted by Crippen LogP contribution is 2.16. The second kappa shape index (κ2) is 8.03. The summed E-state index contributed by atoms with van der Waals surface area (Å²) < 4.78 is 1.20. The minimum atomic E-state index is 0.558. The summed E-state index contributed by atoms with van der Waals surface area (Å²) in [7, 11) is 0. The molecule has 0 saturated carbocycles. The van der Waals surface area contributed by atoms with Gasteiger partial charge in [-0.15, -0.1) is 0 Å². The van der Waals surface area contributed by atoms with Crippen molar-refractivity contribution in [2.24, 2.45) is 0 Å². The molecule has 0 aliphatic carbocycles. The molecule has 0 aromatic heterocycles. The van der Waals surface area contributed by atoms with E-state index in [-0.39, 0.29) is 0 Å². The van der Waals surface area contributed by atoms with Gasteiger partial charge in [-0.3, -0.25) is 0 Å². The van der Waals surface area contributed by atoms with Crippen molar-refractivity contribution in [2.45, 2.75) is 57.7 Å². The molecule has 0 amide bonds. The number of nitrogens with one attached hydrogen (secondary N) is 2. The third-order valence-electron chi connectivity index (χ3n) is 3.90. The first-order chi connectivity index (χ1) is 9.25. The molecule has 2 atom stereocenters. The molecule has 2 unspecified atom stereocenters. The zero-order chi connectivity index (χ0) is 13.5. The van der Waals surface area contributed by atoms with E-state index >= 15 is 0 Å². The number of rotatable bonds is 5. The summed E-state index contributed by atoms with van der Waals surface area (Å²) in [5, 5.41) is 7.31. The van der Waals surface area contributed by atoms with Crippen LogP contribution in [0, 0.1) is 0 Å². The fourth-order valence-corrected chi connectivity index (χ4v) is 3.16. The first kappa shape index (κ1) is 15.0. The third kappa shape index (κ3) is 5.25. The lowest BCUT2D eigenvalue weighted by Gasteiger charge is -2.21. The van der Waals surface area contributed by atoms with E-state index in [2.05, 4.69) is 57.8 Å². The van der Waals surface area contributed by atoms with Gasteiger partial charge in [-0.2, -0.15) is 0 Å². The highest BCUT2D eigenvalue weighted by Gasteiger charge is 2.14. The van der Waals surface area contributed by atoms with Crippen molar-refractivity contribution in [3.63, 3.8) is 0 Å². The van der Waals surface area contributed by atoms with E-state index < -0.39 is 0 Å². The smallest absolute Gasteiger partial charge is 0.0220 e. The number of hydrogen-bond donors (Lipinski definition) is 2. The second-order valence-electron chi connectivity index (χ2n) is 5.61. The Labute approximate surface area is 125 Å². The molecule has 0 radical (unpaired) electrons. The molecule has 106 valence electrons. The van der Waals surface area contributed by atoms with Gasteiger partial charge >= 0.3 is 0 Å². The number of benzene rings is 1. The summed E-state index contributed by atoms with van der Waals surface area (Å²) in [6.45, 7) is 4.43. The van der Waals surface area contributed by atoms with Crippen molar-refractivity contribution in [3.8, 4) is 0 Å². The van der Waals surface area contributed by atoms with Crippen molar-refractivity contribution >= 4 is 15.9 Å². The van der Waals surface area contributed by atoms with Crippen LogP contribution in [0.4, 0.5) is 0 Å². The van der Waals surface area contributed by atoms with E-state index in [4.69, 9.17) is 0 Å². The van der Waals surface area contributed by atoms with Crippen molar-refractivity contribution in [2.75, 3.05) is 6.54 Å². The quantitative estimate of drug-likeness (QED) is 0.859. The number of hydrogen-bond acceptors (Lipinski definition) is 2. The van der Waals surface area contributed by atoms with Gasteiger partial charge in [0.1, 0.15) is 0 Å². The molecule has 2 N–H and O–H groups in total. The van der Waals surface area contributed by atoms with Gasteiger partial charge in [0.25, 0.3) is 0 Å². The summed E-state index contributed by atoms with van der Waals surface area (Å²) in [6, 6.07) is 9.69. The fraction of sp³-hybridized carbons (Fsp3) is 0.625. The molecule has 1 aliphatic heterocycles. The second-order valence-corrected chi connectivity index (χ2v) is 6.46. The normalized spacial score (nSPS) is 21.9. The molecule has 2 rings (SSSR count). The summed E-state index contributed by atoms with van der Waals surface area (Å²) in [6.07, 6.45) is 6.68. The van der Waals surface area contributed by atoms with Crippen LogP contribution >= 0.6 is 15.9 Å². The molecule has 1 aliphatic rings. The SMILES string of the molecule is CC(CC1CCCCCN1)NCc1ccccc1Br. The molecule has 1 fully saturated rings. The molecule has 0 bridgehead atoms. The fourth-order valence-electron chi connectivity index (χ4n) is 2.74. The minimum Gasteiger partial charge on any atom is -0.314 e. The van der Waals surface area contributed by atoms with E-state index in [9.17, 15) is 0 Å². The average molecular weight is 325 g/mol. The maximum atomic E-state index is 3.67. The Morgan fingerprint density at radius 1 is 1.32 bits per heavy atom. The van der Waals surface area contributed by atoms with Crippen LogP contribution in [-0.2, 0) is 6.54 Å². The third-order valence-corrected chi connectivity index (χ3v) is 4.67. The van der Waals surface area contributed by atoms with Crippen LogP contribution in [0.2, 0.25) is 0 Å². The average Bonchev–Trinajstić information content (AvgIpc) is 2.66. The monoisotopic (exact) mass is 324 g/mol. The van der Waals surface area contributed by atoms with Crippen LogP contribution < -0.4 is 10.6 Å². The van der Waals surface area contributed by atoms with Crippen LogP contribution in [-0.4, -0.2) is 18.6 Å². The summed E-state index contributed by atoms with van der Waals surface area (Å²) in [5.74, 6) is 0. The predicted molar refractivity (Wildman–Crippen MR) is 85.3 cm³/mol. The van der Waals surface area contributed by atoms with E-state index in [1.807, 2.05) is 0 Å². The maximum Gasteiger partial charge on any atom is 0.0220 e. The topological polar surface area (TPSA) is 24.1 Å². The van der Waals surface area contributed by atoms with Gasteiger partial charge in [-0.1, -0.05) is 47.0 Å². The van der Waals surface area contributed by atoms with Gasteiger partial charge in [0, 0.05) is 23.1 Å². The summed E-state index contributed by atoms with van der Waals surface area (Å²) in [4.78, 5) is 0. The Kier molecular flexibility index (Phi) is 6.35. The van der Waals surface area contributed by atoms with E-state index in [1.54, 1.807) is 0 Å². The molecule has 3 heteroatoms. The first-order valence-electron chi connectivity index (χ1n) is 7.46. The zero-order valence-corrected chi connectivity index (χ0v) is 13.4. The standard InChI is InChI=1S/C16H25BrN2/c1-13(11-15-8-3-2-6-10-18-15)19-12-14-7-4-5-9-16(14)17/h4-5,7,9,13,15,18-19H,2-3,6,8,10-12H2,1H3. The minimum absolute atomic E-state index is 0.558. The van der Waals surface area contributed by atoms with E-state index in [0.717, 1.165) is 6.54 Å². The lowest BCUT2D eigenvalue weighted by Crippen LogP contribution is -2.36. The highest BCUT2D eigenvalue weighted by atomic mass is 79.9. The molecule has 19 heavy (non-hydrogen) atoms. The van der Waals surface area contributed by atoms with Gasteiger partial charge in [0.15, 0.2) is 0 Å². The van der Waals surface area contributed by atoms with Crippen molar-refractivity contribution in [1.29, 1.82) is 0 Å². The van der Waals surface area contributed by atoms with Gasteiger partial charge in [-0.05, 0) is 44.4 Å². The van der Waals surface area contributed by atoms with Gasteiger partial charge in [0.05, 0.1) is 0 Å². The van der Waals surface area contributed by atoms with Gasteiger partial charge in [0.2, 0.25) is 0 Å². The Bertz CT molecular complexity index is 373. The van der Waals surface area contributed by atoms with Crippen LogP contribution in [0.3, 0.4) is 0 Å². The molecular weight excluding hydrogens is 300 g/mol. The highest BCUT2D eigenvalue weighted by molar-refractivity contribution is 9.10. The van der Waals surface area contributed by atoms with Crippen LogP contribution in [0.1, 0.15) is 44.6 Å². The van der Waals surface area contributed by atoms with E-state index in [0.29, 0.717) is 12.1 Å². The molecule has 0 spiro atoms. The molecular formula is C16H25BrN2. The molecule has 1 aromatic rings. The van der Waals surface area contributed by atoms with Crippen LogP contribution in [0.15, 0.2) is 28.7 Å². The van der Waals surface area contributed by atoms with Crippen LogP contribution in [0.5, 0.6) is 0 Å². The van der Waals surface area contributed by atoms with Crippen LogP contribution in [0.25, 0.3) is 0 Å². The Hall–Kier alpha value is -0.380. The predicted octanol–water partition coefficient (Wildman–Crippen LogP) is 3.85. The molecule has 1 aromatic carbocycles. The van der Waals surface area contributed by atoms with Gasteiger partial charge in [-0.25, -0.2) is 0 Å². The lowest BCUT2D eigenvalue weighted by atomic mass is 10.0. The zero-order valence-electron chi connectivity index (χ0n) is 11.8. The van der Waals surface area contributed by atoms with Crippen molar-refractivity contribution < 1.29 is 0 Å². The molecule has 1 heterocycles. The largest absolute Gasteiger partial charge is 0.314 e. The number of halogens is 1. The molecule has 2 nitrogen and oxygen atoms in total. The summed E-state index contributed by atoms with van der Waals surface area (Å²) >= 11 is 3.60. The Balaban J connectivity index is 1.74. The molecule has 1 saturated heterocycles. The Morgan fingerprint density at radius 2 is 2.16 bits per heavy atom. The van der Waals surface area contributed by atoms with E-state index in [1.165, 1.54) is 48.7 Å². The maximum absolute atomic E-state index is 3.67. The van der Waals surface area contributed by atoms with Gasteiger partial charge < -0.3 is 10.6 Å². The summed E-state index contributed by atoms with van der Waals surface area (Å²) in [5.41, 5.74) is 1.34. The Morgan fingerprint density at radius 3 is 3.00 bits per heavy atom. The lowest BCUT2D eigenvalue weighted by molar-refractivity contribution is 0.402.